The minimum atomic E-state index is -0.824. The van der Waals surface area contributed by atoms with Crippen molar-refractivity contribution >= 4 is 5.91 Å². The largest absolute Gasteiger partial charge is 0.361 e. The number of carbonyl (C=O) groups is 1. The highest BCUT2D eigenvalue weighted by Crippen LogP contribution is 2.32. The Bertz CT molecular complexity index is 1020. The Hall–Kier alpha value is -3.09. The molecule has 1 fully saturated rings. The normalized spacial score (nSPS) is 15.0. The average Bonchev–Trinajstić information content (AvgIpc) is 3.06. The Labute approximate surface area is 167 Å². The van der Waals surface area contributed by atoms with E-state index < -0.39 is 23.1 Å². The summed E-state index contributed by atoms with van der Waals surface area (Å²) in [6.07, 6.45) is 3.20. The van der Waals surface area contributed by atoms with E-state index in [1.54, 1.807) is 6.20 Å². The number of aryl methyl sites for hydroxylation is 2. The van der Waals surface area contributed by atoms with Gasteiger partial charge in [0, 0.05) is 19.3 Å². The first kappa shape index (κ1) is 19.2. The first-order valence-corrected chi connectivity index (χ1v) is 9.58. The Morgan fingerprint density at radius 3 is 2.45 bits per heavy atom. The van der Waals surface area contributed by atoms with E-state index in [2.05, 4.69) is 10.1 Å². The van der Waals surface area contributed by atoms with Crippen molar-refractivity contribution < 1.29 is 18.1 Å². The predicted molar refractivity (Wildman–Crippen MR) is 103 cm³/mol. The van der Waals surface area contributed by atoms with Crippen LogP contribution in [-0.4, -0.2) is 34.0 Å². The number of hydrogen-bond acceptors (Lipinski definition) is 4. The van der Waals surface area contributed by atoms with Gasteiger partial charge >= 0.3 is 0 Å². The van der Waals surface area contributed by atoms with Crippen LogP contribution in [0.4, 0.5) is 8.78 Å². The first-order chi connectivity index (χ1) is 14.0. The molecule has 1 aliphatic heterocycles. The Balaban J connectivity index is 1.49. The lowest BCUT2D eigenvalue weighted by molar-refractivity contribution is 0.0703. The third-order valence-electron chi connectivity index (χ3n) is 5.50. The number of pyridine rings is 1. The Morgan fingerprint density at radius 2 is 1.83 bits per heavy atom. The molecule has 29 heavy (non-hydrogen) atoms. The van der Waals surface area contributed by atoms with Crippen molar-refractivity contribution in [2.24, 2.45) is 0 Å². The molecular weight excluding hydrogens is 376 g/mol. The lowest BCUT2D eigenvalue weighted by atomic mass is 9.89. The minimum Gasteiger partial charge on any atom is -0.361 e. The van der Waals surface area contributed by atoms with Gasteiger partial charge in [-0.05, 0) is 62.4 Å². The van der Waals surface area contributed by atoms with Crippen LogP contribution in [0.5, 0.6) is 0 Å². The molecule has 5 nitrogen and oxygen atoms in total. The lowest BCUT2D eigenvalue weighted by Crippen LogP contribution is -2.38. The Kier molecular flexibility index (Phi) is 5.13. The molecule has 1 aliphatic rings. The van der Waals surface area contributed by atoms with E-state index in [-0.39, 0.29) is 5.92 Å². The van der Waals surface area contributed by atoms with Crippen LogP contribution in [-0.2, 0) is 0 Å². The van der Waals surface area contributed by atoms with Gasteiger partial charge in [0.25, 0.3) is 5.91 Å². The van der Waals surface area contributed by atoms with E-state index in [0.29, 0.717) is 25.9 Å². The predicted octanol–water partition coefficient (Wildman–Crippen LogP) is 4.65. The number of halogens is 2. The first-order valence-electron chi connectivity index (χ1n) is 9.58. The highest BCUT2D eigenvalue weighted by Gasteiger charge is 2.28. The number of rotatable bonds is 3. The molecule has 1 saturated heterocycles. The quantitative estimate of drug-likeness (QED) is 0.645. The number of likely N-dealkylation sites (tertiary alicyclic amines) is 1. The zero-order chi connectivity index (χ0) is 20.5. The van der Waals surface area contributed by atoms with Crippen molar-refractivity contribution in [3.63, 3.8) is 0 Å². The SMILES string of the molecule is Cc1noc(C)c1-c1cc(C2CCN(C(=O)c3c(F)cccc3F)CC2)ccn1. The van der Waals surface area contributed by atoms with Crippen LogP contribution in [0.2, 0.25) is 0 Å². The molecule has 1 amide bonds. The fourth-order valence-corrected chi connectivity index (χ4v) is 3.96. The van der Waals surface area contributed by atoms with Crippen LogP contribution < -0.4 is 0 Å². The number of piperidine rings is 1. The second kappa shape index (κ2) is 7.73. The zero-order valence-corrected chi connectivity index (χ0v) is 16.3. The smallest absolute Gasteiger partial charge is 0.259 e. The van der Waals surface area contributed by atoms with E-state index in [4.69, 9.17) is 4.52 Å². The molecule has 2 aromatic heterocycles. The minimum absolute atomic E-state index is 0.242. The lowest BCUT2D eigenvalue weighted by Gasteiger charge is -2.32. The molecule has 0 spiro atoms. The standard InChI is InChI=1S/C22H21F2N3O2/c1-13-20(14(2)29-26-13)19-12-16(6-9-25-19)15-7-10-27(11-8-15)22(28)21-17(23)4-3-5-18(21)24/h3-6,9,12,15H,7-8,10-11H2,1-2H3. The fourth-order valence-electron chi connectivity index (χ4n) is 3.96. The Morgan fingerprint density at radius 1 is 1.14 bits per heavy atom. The second-order valence-electron chi connectivity index (χ2n) is 7.34. The third kappa shape index (κ3) is 3.64. The van der Waals surface area contributed by atoms with Crippen molar-refractivity contribution in [1.82, 2.24) is 15.0 Å². The number of benzene rings is 1. The summed E-state index contributed by atoms with van der Waals surface area (Å²) in [5, 5.41) is 3.99. The van der Waals surface area contributed by atoms with Gasteiger partial charge in [-0.15, -0.1) is 0 Å². The summed E-state index contributed by atoms with van der Waals surface area (Å²) in [7, 11) is 0. The number of nitrogens with zero attached hydrogens (tertiary/aromatic N) is 3. The monoisotopic (exact) mass is 397 g/mol. The number of carbonyl (C=O) groups excluding carboxylic acids is 1. The van der Waals surface area contributed by atoms with Gasteiger partial charge in [0.05, 0.1) is 17.0 Å². The zero-order valence-electron chi connectivity index (χ0n) is 16.3. The van der Waals surface area contributed by atoms with E-state index in [1.807, 2.05) is 26.0 Å². The maximum Gasteiger partial charge on any atom is 0.259 e. The molecule has 0 N–H and O–H groups in total. The molecule has 0 bridgehead atoms. The molecule has 0 radical (unpaired) electrons. The van der Waals surface area contributed by atoms with Crippen LogP contribution in [0.3, 0.4) is 0 Å². The van der Waals surface area contributed by atoms with E-state index >= 15 is 0 Å². The van der Waals surface area contributed by atoms with Crippen molar-refractivity contribution in [3.8, 4) is 11.3 Å². The molecule has 0 unspecified atom stereocenters. The summed E-state index contributed by atoms with van der Waals surface area (Å²) in [5.41, 5.74) is 3.15. The van der Waals surface area contributed by atoms with Crippen molar-refractivity contribution in [2.75, 3.05) is 13.1 Å². The highest BCUT2D eigenvalue weighted by atomic mass is 19.1. The van der Waals surface area contributed by atoms with Crippen LogP contribution in [0.25, 0.3) is 11.3 Å². The van der Waals surface area contributed by atoms with Gasteiger partial charge < -0.3 is 9.42 Å². The van der Waals surface area contributed by atoms with Gasteiger partial charge in [-0.3, -0.25) is 9.78 Å². The summed E-state index contributed by atoms with van der Waals surface area (Å²) in [6.45, 7) is 4.63. The van der Waals surface area contributed by atoms with Gasteiger partial charge in [-0.25, -0.2) is 8.78 Å². The molecule has 3 heterocycles. The van der Waals surface area contributed by atoms with Gasteiger partial charge in [0.15, 0.2) is 0 Å². The molecule has 0 saturated carbocycles. The molecule has 150 valence electrons. The van der Waals surface area contributed by atoms with Crippen molar-refractivity contribution in [1.29, 1.82) is 0 Å². The maximum absolute atomic E-state index is 13.9. The highest BCUT2D eigenvalue weighted by molar-refractivity contribution is 5.94. The van der Waals surface area contributed by atoms with Gasteiger partial charge in [-0.2, -0.15) is 0 Å². The summed E-state index contributed by atoms with van der Waals surface area (Å²) in [5.74, 6) is -1.28. The van der Waals surface area contributed by atoms with E-state index in [9.17, 15) is 13.6 Å². The molecule has 0 aliphatic carbocycles. The van der Waals surface area contributed by atoms with Crippen LogP contribution in [0, 0.1) is 25.5 Å². The van der Waals surface area contributed by atoms with Crippen molar-refractivity contribution in [3.05, 3.63) is 70.7 Å². The van der Waals surface area contributed by atoms with Gasteiger partial charge in [0.1, 0.15) is 23.0 Å². The molecule has 3 aromatic rings. The van der Waals surface area contributed by atoms with E-state index in [1.165, 1.54) is 11.0 Å². The summed E-state index contributed by atoms with van der Waals surface area (Å²) < 4.78 is 33.1. The van der Waals surface area contributed by atoms with Crippen molar-refractivity contribution in [2.45, 2.75) is 32.6 Å². The topological polar surface area (TPSA) is 59.2 Å². The van der Waals surface area contributed by atoms with Gasteiger partial charge in [0.2, 0.25) is 0 Å². The van der Waals surface area contributed by atoms with Crippen LogP contribution in [0.1, 0.15) is 46.1 Å². The maximum atomic E-state index is 13.9. The molecular formula is C22H21F2N3O2. The molecule has 1 aromatic carbocycles. The summed E-state index contributed by atoms with van der Waals surface area (Å²) in [6, 6.07) is 7.48. The second-order valence-corrected chi connectivity index (χ2v) is 7.34. The fraction of sp³-hybridized carbons (Fsp3) is 0.318. The molecule has 7 heteroatoms. The third-order valence-corrected chi connectivity index (χ3v) is 5.50. The molecule has 0 atom stereocenters. The number of amides is 1. The number of aromatic nitrogens is 2. The summed E-state index contributed by atoms with van der Waals surface area (Å²) in [4.78, 5) is 18.6. The summed E-state index contributed by atoms with van der Waals surface area (Å²) >= 11 is 0. The average molecular weight is 397 g/mol. The van der Waals surface area contributed by atoms with Crippen LogP contribution >= 0.6 is 0 Å². The van der Waals surface area contributed by atoms with Crippen LogP contribution in [0.15, 0.2) is 41.1 Å². The van der Waals surface area contributed by atoms with Gasteiger partial charge in [-0.1, -0.05) is 11.2 Å². The molecule has 4 rings (SSSR count). The number of hydrogen-bond donors (Lipinski definition) is 0. The van der Waals surface area contributed by atoms with E-state index in [0.717, 1.165) is 40.4 Å².